The molecule has 0 saturated carbocycles. The van der Waals surface area contributed by atoms with Gasteiger partial charge in [0.05, 0.1) is 40.0 Å². The molecular weight excluding hydrogens is 693 g/mol. The number of likely N-dealkylation sites (N-methyl/N-ethyl adjacent to an activating group) is 1. The van der Waals surface area contributed by atoms with Gasteiger partial charge in [0.25, 0.3) is 0 Å². The van der Waals surface area contributed by atoms with Gasteiger partial charge in [-0.2, -0.15) is 0 Å². The molecule has 0 spiro atoms. The molecule has 1 N–H and O–H groups in total. The molecule has 0 radical (unpaired) electrons. The molecule has 0 aromatic heterocycles. The molecule has 10 nitrogen and oxygen atoms in total. The highest BCUT2D eigenvalue weighted by atomic mass is 31.2. The van der Waals surface area contributed by atoms with E-state index in [1.54, 1.807) is 0 Å². The highest BCUT2D eigenvalue weighted by molar-refractivity contribution is 7.47. The molecule has 1 rings (SSSR count). The first kappa shape index (κ1) is 49.7. The van der Waals surface area contributed by atoms with Crippen LogP contribution in [-0.4, -0.2) is 87.1 Å². The zero-order valence-electron chi connectivity index (χ0n) is 34.7. The summed E-state index contributed by atoms with van der Waals surface area (Å²) >= 11 is 0. The smallest absolute Gasteiger partial charge is 0.462 e. The molecule has 0 bridgehead atoms. The van der Waals surface area contributed by atoms with Crippen LogP contribution in [0.2, 0.25) is 0 Å². The number of nitrogens with zero attached hydrogens (tertiary/aromatic N) is 1. The Labute approximate surface area is 324 Å². The third-order valence-corrected chi connectivity index (χ3v) is 10.7. The highest BCUT2D eigenvalue weighted by Gasteiger charge is 2.36. The molecule has 3 unspecified atom stereocenters. The first-order valence-electron chi connectivity index (χ1n) is 21.5. The van der Waals surface area contributed by atoms with E-state index in [0.717, 1.165) is 57.8 Å². The number of allylic oxidation sites excluding steroid dienone is 1. The zero-order chi connectivity index (χ0) is 39.0. The van der Waals surface area contributed by atoms with Crippen molar-refractivity contribution in [2.75, 3.05) is 47.5 Å². The number of carbonyl (C=O) groups excluding carboxylic acids is 2. The van der Waals surface area contributed by atoms with Gasteiger partial charge in [-0.25, -0.2) is 4.57 Å². The van der Waals surface area contributed by atoms with Crippen LogP contribution in [0.25, 0.3) is 0 Å². The Morgan fingerprint density at radius 3 is 1.79 bits per heavy atom. The minimum Gasteiger partial charge on any atom is -0.462 e. The van der Waals surface area contributed by atoms with Crippen molar-refractivity contribution in [3.05, 3.63) is 12.2 Å². The van der Waals surface area contributed by atoms with Gasteiger partial charge in [-0.3, -0.25) is 18.6 Å². The minimum absolute atomic E-state index is 0.0293. The van der Waals surface area contributed by atoms with E-state index < -0.39 is 26.5 Å². The van der Waals surface area contributed by atoms with Gasteiger partial charge in [-0.05, 0) is 38.5 Å². The van der Waals surface area contributed by atoms with Gasteiger partial charge in [0.1, 0.15) is 19.8 Å². The van der Waals surface area contributed by atoms with Crippen molar-refractivity contribution < 1.29 is 46.8 Å². The Morgan fingerprint density at radius 2 is 1.21 bits per heavy atom. The average Bonchev–Trinajstić information content (AvgIpc) is 3.86. The second-order valence-corrected chi connectivity index (χ2v) is 17.6. The van der Waals surface area contributed by atoms with E-state index in [2.05, 4.69) is 26.0 Å². The number of phosphoric acid groups is 1. The summed E-state index contributed by atoms with van der Waals surface area (Å²) in [5, 5.41) is 0. The predicted octanol–water partition coefficient (Wildman–Crippen LogP) is 10.8. The summed E-state index contributed by atoms with van der Waals surface area (Å²) in [6.07, 6.45) is 32.7. The summed E-state index contributed by atoms with van der Waals surface area (Å²) < 4.78 is 40.1. The average molecular weight is 775 g/mol. The fourth-order valence-corrected chi connectivity index (χ4v) is 6.94. The van der Waals surface area contributed by atoms with E-state index >= 15 is 0 Å². The van der Waals surface area contributed by atoms with Crippen molar-refractivity contribution >= 4 is 19.8 Å². The van der Waals surface area contributed by atoms with Crippen molar-refractivity contribution in [3.63, 3.8) is 0 Å². The zero-order valence-corrected chi connectivity index (χ0v) is 35.6. The maximum absolute atomic E-state index is 12.7. The molecule has 1 fully saturated rings. The molecule has 1 aliphatic heterocycles. The fraction of sp³-hybridized carbons (Fsp3) is 0.905. The summed E-state index contributed by atoms with van der Waals surface area (Å²) in [5.41, 5.74) is 0. The van der Waals surface area contributed by atoms with Crippen LogP contribution in [0.5, 0.6) is 0 Å². The van der Waals surface area contributed by atoms with E-state index in [1.165, 1.54) is 89.9 Å². The van der Waals surface area contributed by atoms with Gasteiger partial charge in [0, 0.05) is 12.8 Å². The van der Waals surface area contributed by atoms with Crippen LogP contribution < -0.4 is 0 Å². The van der Waals surface area contributed by atoms with Crippen molar-refractivity contribution in [1.29, 1.82) is 0 Å². The molecule has 0 aromatic carbocycles. The second kappa shape index (κ2) is 31.9. The number of epoxide rings is 1. The summed E-state index contributed by atoms with van der Waals surface area (Å²) in [6, 6.07) is 0. The third-order valence-electron chi connectivity index (χ3n) is 9.72. The Kier molecular flexibility index (Phi) is 29.9. The Morgan fingerprint density at radius 1 is 0.679 bits per heavy atom. The summed E-state index contributed by atoms with van der Waals surface area (Å²) in [6.45, 7) is 4.37. The van der Waals surface area contributed by atoms with Gasteiger partial charge in [-0.1, -0.05) is 142 Å². The third kappa shape index (κ3) is 32.6. The van der Waals surface area contributed by atoms with Gasteiger partial charge in [0.15, 0.2) is 6.10 Å². The van der Waals surface area contributed by atoms with E-state index in [1.807, 2.05) is 21.1 Å². The van der Waals surface area contributed by atoms with E-state index in [9.17, 15) is 19.0 Å². The van der Waals surface area contributed by atoms with Gasteiger partial charge < -0.3 is 23.6 Å². The number of esters is 2. The van der Waals surface area contributed by atoms with Crippen LogP contribution in [0, 0.1) is 0 Å². The number of ether oxygens (including phenoxy) is 3. The topological polar surface area (TPSA) is 121 Å². The number of unbranched alkanes of at least 4 members (excludes halogenated alkanes) is 19. The molecule has 53 heavy (non-hydrogen) atoms. The number of rotatable bonds is 38. The molecule has 1 heterocycles. The van der Waals surface area contributed by atoms with Crippen molar-refractivity contribution in [1.82, 2.24) is 0 Å². The second-order valence-electron chi connectivity index (χ2n) is 16.1. The van der Waals surface area contributed by atoms with Crippen molar-refractivity contribution in [2.24, 2.45) is 0 Å². The molecule has 1 aliphatic rings. The van der Waals surface area contributed by atoms with Gasteiger partial charge in [0.2, 0.25) is 0 Å². The number of hydrogen-bond donors (Lipinski definition) is 1. The Balaban J connectivity index is 2.29. The lowest BCUT2D eigenvalue weighted by molar-refractivity contribution is -0.870. The van der Waals surface area contributed by atoms with Gasteiger partial charge >= 0.3 is 19.8 Å². The molecule has 1 saturated heterocycles. The SMILES string of the molecule is CCCCC/C=C\CC1OC1CCCCCCCC(=O)OC[C@H](COP(=O)(O)OCC[N+](C)(C)C)OC(=O)CCCCCCCCCCCCCCC. The lowest BCUT2D eigenvalue weighted by Gasteiger charge is -2.24. The number of quaternary nitrogens is 1. The largest absolute Gasteiger partial charge is 0.472 e. The van der Waals surface area contributed by atoms with E-state index in [-0.39, 0.29) is 32.0 Å². The summed E-state index contributed by atoms with van der Waals surface area (Å²) in [4.78, 5) is 35.3. The monoisotopic (exact) mass is 775 g/mol. The fourth-order valence-electron chi connectivity index (χ4n) is 6.20. The standard InChI is InChI=1S/C42H80NO9P/c1-6-8-10-12-14-15-16-17-18-19-20-24-29-33-42(45)51-38(37-50-53(46,47)49-35-34-43(3,4)5)36-48-41(44)32-28-25-21-23-27-31-40-39(52-40)30-26-22-13-11-9-7-2/h22,26,38-40H,6-21,23-25,27-37H2,1-5H3/p+1/b26-22-/t38-,39?,40?/m1/s1. The van der Waals surface area contributed by atoms with Crippen LogP contribution in [-0.2, 0) is 37.4 Å². The lowest BCUT2D eigenvalue weighted by atomic mass is 10.0. The van der Waals surface area contributed by atoms with Gasteiger partial charge in [-0.15, -0.1) is 0 Å². The van der Waals surface area contributed by atoms with Crippen LogP contribution in [0.15, 0.2) is 12.2 Å². The Bertz CT molecular complexity index is 986. The van der Waals surface area contributed by atoms with Crippen LogP contribution in [0.3, 0.4) is 0 Å². The molecule has 11 heteroatoms. The summed E-state index contributed by atoms with van der Waals surface area (Å²) in [7, 11) is 1.47. The predicted molar refractivity (Wildman–Crippen MR) is 215 cm³/mol. The molecule has 0 amide bonds. The van der Waals surface area contributed by atoms with Crippen LogP contribution in [0.1, 0.15) is 181 Å². The molecule has 0 aliphatic carbocycles. The van der Waals surface area contributed by atoms with Crippen molar-refractivity contribution in [3.8, 4) is 0 Å². The quantitative estimate of drug-likeness (QED) is 0.0163. The molecule has 312 valence electrons. The number of hydrogen-bond acceptors (Lipinski definition) is 8. The number of carbonyl (C=O) groups is 2. The van der Waals surface area contributed by atoms with Crippen LogP contribution in [0.4, 0.5) is 0 Å². The highest BCUT2D eigenvalue weighted by Crippen LogP contribution is 2.43. The first-order chi connectivity index (χ1) is 25.5. The number of phosphoric ester groups is 1. The maximum Gasteiger partial charge on any atom is 0.472 e. The normalized spacial score (nSPS) is 17.5. The Hall–Kier alpha value is -1.29. The molecule has 4 atom stereocenters. The van der Waals surface area contributed by atoms with E-state index in [4.69, 9.17) is 23.3 Å². The van der Waals surface area contributed by atoms with Crippen molar-refractivity contribution in [2.45, 2.75) is 199 Å². The van der Waals surface area contributed by atoms with E-state index in [0.29, 0.717) is 29.7 Å². The lowest BCUT2D eigenvalue weighted by Crippen LogP contribution is -2.37. The van der Waals surface area contributed by atoms with Crippen LogP contribution >= 0.6 is 7.82 Å². The summed E-state index contributed by atoms with van der Waals surface area (Å²) in [5.74, 6) is -0.816. The minimum atomic E-state index is -4.37. The maximum atomic E-state index is 12.7. The first-order valence-corrected chi connectivity index (χ1v) is 23.0. The molecule has 0 aromatic rings. The molecular formula is C42H81NO9P+.